The molecule has 1 amide bonds. The fourth-order valence-electron chi connectivity index (χ4n) is 3.27. The highest BCUT2D eigenvalue weighted by molar-refractivity contribution is 5.92. The Labute approximate surface area is 125 Å². The molecule has 2 unspecified atom stereocenters. The van der Waals surface area contributed by atoms with Crippen LogP contribution in [0, 0.1) is 11.8 Å². The van der Waals surface area contributed by atoms with E-state index in [1.54, 1.807) is 0 Å². The van der Waals surface area contributed by atoms with E-state index >= 15 is 0 Å². The van der Waals surface area contributed by atoms with E-state index in [4.69, 9.17) is 4.52 Å². The van der Waals surface area contributed by atoms with Gasteiger partial charge in [0.2, 0.25) is 0 Å². The third kappa shape index (κ3) is 2.98. The zero-order valence-electron chi connectivity index (χ0n) is 12.5. The molecule has 0 aromatic carbocycles. The molecule has 1 aliphatic heterocycles. The molecular weight excluding hydrogens is 266 g/mol. The van der Waals surface area contributed by atoms with Gasteiger partial charge in [0.05, 0.1) is 0 Å². The first-order valence-corrected chi connectivity index (χ1v) is 8.19. The molecule has 1 N–H and O–H groups in total. The monoisotopic (exact) mass is 289 g/mol. The van der Waals surface area contributed by atoms with Crippen molar-refractivity contribution in [3.8, 4) is 0 Å². The van der Waals surface area contributed by atoms with Gasteiger partial charge in [0.1, 0.15) is 5.76 Å². The van der Waals surface area contributed by atoms with Gasteiger partial charge in [-0.1, -0.05) is 12.1 Å². The van der Waals surface area contributed by atoms with Crippen molar-refractivity contribution in [2.24, 2.45) is 11.8 Å². The summed E-state index contributed by atoms with van der Waals surface area (Å²) in [5.74, 6) is 2.69. The van der Waals surface area contributed by atoms with Crippen molar-refractivity contribution in [3.05, 3.63) is 17.5 Å². The van der Waals surface area contributed by atoms with Crippen molar-refractivity contribution < 1.29 is 9.32 Å². The van der Waals surface area contributed by atoms with Gasteiger partial charge in [-0.15, -0.1) is 0 Å². The van der Waals surface area contributed by atoms with Crippen LogP contribution in [0.4, 0.5) is 0 Å². The molecule has 0 spiro atoms. The molecular formula is C16H23N3O2. The van der Waals surface area contributed by atoms with E-state index in [9.17, 15) is 4.79 Å². The van der Waals surface area contributed by atoms with Gasteiger partial charge < -0.3 is 14.7 Å². The third-order valence-corrected chi connectivity index (χ3v) is 4.96. The zero-order valence-corrected chi connectivity index (χ0v) is 12.5. The van der Waals surface area contributed by atoms with E-state index in [2.05, 4.69) is 22.3 Å². The Morgan fingerprint density at radius 1 is 1.38 bits per heavy atom. The van der Waals surface area contributed by atoms with Crippen LogP contribution in [0.15, 0.2) is 10.6 Å². The Balaban J connectivity index is 1.34. The second-order valence-corrected chi connectivity index (χ2v) is 7.11. The second-order valence-electron chi connectivity index (χ2n) is 7.11. The summed E-state index contributed by atoms with van der Waals surface area (Å²) in [7, 11) is 0. The minimum Gasteiger partial charge on any atom is -0.360 e. The molecule has 1 aromatic rings. The summed E-state index contributed by atoms with van der Waals surface area (Å²) in [6.45, 7) is 5.48. The summed E-state index contributed by atoms with van der Waals surface area (Å²) >= 11 is 0. The topological polar surface area (TPSA) is 58.4 Å². The molecule has 0 bridgehead atoms. The van der Waals surface area contributed by atoms with E-state index in [0.717, 1.165) is 37.6 Å². The van der Waals surface area contributed by atoms with Crippen LogP contribution in [0.25, 0.3) is 0 Å². The lowest BCUT2D eigenvalue weighted by Gasteiger charge is -2.16. The molecule has 2 heterocycles. The molecule has 1 saturated heterocycles. The molecule has 1 aromatic heterocycles. The molecule has 5 nitrogen and oxygen atoms in total. The fourth-order valence-corrected chi connectivity index (χ4v) is 3.27. The lowest BCUT2D eigenvalue weighted by Crippen LogP contribution is -2.40. The highest BCUT2D eigenvalue weighted by Gasteiger charge is 2.35. The smallest absolute Gasteiger partial charge is 0.273 e. The lowest BCUT2D eigenvalue weighted by molar-refractivity contribution is 0.0922. The van der Waals surface area contributed by atoms with Crippen molar-refractivity contribution in [2.45, 2.75) is 44.6 Å². The molecule has 0 radical (unpaired) electrons. The largest absolute Gasteiger partial charge is 0.360 e. The molecule has 21 heavy (non-hydrogen) atoms. The SMILES string of the molecule is CC1CN(CC2CC2)CC1NC(=O)c1cc(C2CC2)on1. The molecule has 3 fully saturated rings. The van der Waals surface area contributed by atoms with E-state index < -0.39 is 0 Å². The second kappa shape index (κ2) is 5.13. The molecule has 114 valence electrons. The minimum absolute atomic E-state index is 0.0872. The van der Waals surface area contributed by atoms with Crippen LogP contribution in [-0.2, 0) is 0 Å². The molecule has 4 rings (SSSR count). The van der Waals surface area contributed by atoms with Gasteiger partial charge in [-0.25, -0.2) is 0 Å². The highest BCUT2D eigenvalue weighted by Crippen LogP contribution is 2.40. The standard InChI is InChI=1S/C16H23N3O2/c1-10-7-19(8-11-2-3-11)9-14(10)17-16(20)13-6-15(21-18-13)12-4-5-12/h6,10-12,14H,2-5,7-9H2,1H3,(H,17,20). The van der Waals surface area contributed by atoms with Gasteiger partial charge in [0.15, 0.2) is 5.69 Å². The van der Waals surface area contributed by atoms with Crippen LogP contribution in [0.1, 0.15) is 54.8 Å². The average molecular weight is 289 g/mol. The van der Waals surface area contributed by atoms with E-state index in [1.165, 1.54) is 19.4 Å². The van der Waals surface area contributed by atoms with Crippen molar-refractivity contribution in [2.75, 3.05) is 19.6 Å². The van der Waals surface area contributed by atoms with Crippen LogP contribution in [0.2, 0.25) is 0 Å². The van der Waals surface area contributed by atoms with Crippen molar-refractivity contribution in [1.29, 1.82) is 0 Å². The zero-order chi connectivity index (χ0) is 14.4. The van der Waals surface area contributed by atoms with Gasteiger partial charge >= 0.3 is 0 Å². The van der Waals surface area contributed by atoms with Crippen molar-refractivity contribution in [3.63, 3.8) is 0 Å². The number of carbonyl (C=O) groups is 1. The maximum atomic E-state index is 12.3. The third-order valence-electron chi connectivity index (χ3n) is 4.96. The van der Waals surface area contributed by atoms with Crippen LogP contribution in [0.3, 0.4) is 0 Å². The van der Waals surface area contributed by atoms with E-state index in [1.807, 2.05) is 6.07 Å². The van der Waals surface area contributed by atoms with Crippen molar-refractivity contribution >= 4 is 5.91 Å². The molecule has 2 atom stereocenters. The minimum atomic E-state index is -0.0872. The summed E-state index contributed by atoms with van der Waals surface area (Å²) in [4.78, 5) is 14.8. The quantitative estimate of drug-likeness (QED) is 0.901. The Hall–Kier alpha value is -1.36. The maximum absolute atomic E-state index is 12.3. The normalized spacial score (nSPS) is 29.8. The Morgan fingerprint density at radius 2 is 2.19 bits per heavy atom. The van der Waals surface area contributed by atoms with Gasteiger partial charge in [0, 0.05) is 37.7 Å². The fraction of sp³-hybridized carbons (Fsp3) is 0.750. The number of aromatic nitrogens is 1. The molecule has 2 saturated carbocycles. The summed E-state index contributed by atoms with van der Waals surface area (Å²) < 4.78 is 5.26. The van der Waals surface area contributed by atoms with E-state index in [0.29, 0.717) is 17.5 Å². The lowest BCUT2D eigenvalue weighted by atomic mass is 10.1. The predicted molar refractivity (Wildman–Crippen MR) is 78.1 cm³/mol. The number of hydrogen-bond acceptors (Lipinski definition) is 4. The Bertz CT molecular complexity index is 533. The first kappa shape index (κ1) is 13.3. The number of nitrogens with one attached hydrogen (secondary N) is 1. The van der Waals surface area contributed by atoms with Gasteiger partial charge in [-0.3, -0.25) is 4.79 Å². The van der Waals surface area contributed by atoms with Crippen LogP contribution in [0.5, 0.6) is 0 Å². The van der Waals surface area contributed by atoms with E-state index in [-0.39, 0.29) is 11.9 Å². The summed E-state index contributed by atoms with van der Waals surface area (Å²) in [5, 5.41) is 7.06. The number of carbonyl (C=O) groups excluding carboxylic acids is 1. The van der Waals surface area contributed by atoms with Crippen LogP contribution >= 0.6 is 0 Å². The summed E-state index contributed by atoms with van der Waals surface area (Å²) in [5.41, 5.74) is 0.435. The first-order valence-electron chi connectivity index (χ1n) is 8.19. The maximum Gasteiger partial charge on any atom is 0.273 e. The number of nitrogens with zero attached hydrogens (tertiary/aromatic N) is 2. The summed E-state index contributed by atoms with van der Waals surface area (Å²) in [6, 6.07) is 2.05. The number of hydrogen-bond donors (Lipinski definition) is 1. The highest BCUT2D eigenvalue weighted by atomic mass is 16.5. The first-order chi connectivity index (χ1) is 10.2. The predicted octanol–water partition coefficient (Wildman–Crippen LogP) is 2.01. The number of amides is 1. The number of likely N-dealkylation sites (tertiary alicyclic amines) is 1. The van der Waals surface area contributed by atoms with Gasteiger partial charge in [-0.2, -0.15) is 0 Å². The van der Waals surface area contributed by atoms with Gasteiger partial charge in [-0.05, 0) is 37.5 Å². The van der Waals surface area contributed by atoms with Gasteiger partial charge in [0.25, 0.3) is 5.91 Å². The summed E-state index contributed by atoms with van der Waals surface area (Å²) in [6.07, 6.45) is 5.08. The molecule has 5 heteroatoms. The van der Waals surface area contributed by atoms with Crippen molar-refractivity contribution in [1.82, 2.24) is 15.4 Å². The Kier molecular flexibility index (Phi) is 3.25. The van der Waals surface area contributed by atoms with Crippen LogP contribution in [-0.4, -0.2) is 41.6 Å². The van der Waals surface area contributed by atoms with Crippen LogP contribution < -0.4 is 5.32 Å². The molecule has 2 aliphatic carbocycles. The Morgan fingerprint density at radius 3 is 2.90 bits per heavy atom. The number of rotatable bonds is 5. The molecule has 3 aliphatic rings. The average Bonchev–Trinajstić information content (AvgIpc) is 3.37.